The van der Waals surface area contributed by atoms with E-state index in [0.29, 0.717) is 24.6 Å². The van der Waals surface area contributed by atoms with Gasteiger partial charge in [-0.25, -0.2) is 13.8 Å². The molecule has 1 aromatic carbocycles. The van der Waals surface area contributed by atoms with Crippen molar-refractivity contribution in [3.63, 3.8) is 0 Å². The molecule has 0 fully saturated rings. The van der Waals surface area contributed by atoms with Crippen molar-refractivity contribution in [2.45, 2.75) is 26.3 Å². The summed E-state index contributed by atoms with van der Waals surface area (Å²) in [5.74, 6) is -0.577. The fourth-order valence-corrected chi connectivity index (χ4v) is 2.34. The van der Waals surface area contributed by atoms with Crippen molar-refractivity contribution in [2.24, 2.45) is 11.7 Å². The molecule has 1 heterocycles. The number of nitrogens with zero attached hydrogens (tertiary/aromatic N) is 2. The molecule has 5 heteroatoms. The summed E-state index contributed by atoms with van der Waals surface area (Å²) in [6.07, 6.45) is 3.42. The van der Waals surface area contributed by atoms with Crippen LogP contribution >= 0.6 is 0 Å². The molecule has 2 N–H and O–H groups in total. The second kappa shape index (κ2) is 6.13. The number of nitrogens with two attached hydrogens (primary N) is 1. The van der Waals surface area contributed by atoms with E-state index in [0.717, 1.165) is 11.8 Å². The Balaban J connectivity index is 2.28. The molecule has 0 amide bonds. The number of hydrogen-bond donors (Lipinski definition) is 1. The monoisotopic (exact) mass is 279 g/mol. The summed E-state index contributed by atoms with van der Waals surface area (Å²) >= 11 is 0. The van der Waals surface area contributed by atoms with Gasteiger partial charge in [0.15, 0.2) is 0 Å². The second-order valence-electron chi connectivity index (χ2n) is 5.27. The third-order valence-corrected chi connectivity index (χ3v) is 3.54. The van der Waals surface area contributed by atoms with E-state index in [9.17, 15) is 8.78 Å². The normalized spacial score (nSPS) is 12.9. The summed E-state index contributed by atoms with van der Waals surface area (Å²) in [4.78, 5) is 4.13. The van der Waals surface area contributed by atoms with Gasteiger partial charge in [0.05, 0.1) is 12.9 Å². The van der Waals surface area contributed by atoms with Crippen LogP contribution in [0.25, 0.3) is 0 Å². The van der Waals surface area contributed by atoms with Crippen LogP contribution in [0.4, 0.5) is 8.78 Å². The maximum absolute atomic E-state index is 13.7. The summed E-state index contributed by atoms with van der Waals surface area (Å²) in [6, 6.07) is 3.62. The number of benzene rings is 1. The molecule has 0 aliphatic heterocycles. The summed E-state index contributed by atoms with van der Waals surface area (Å²) < 4.78 is 28.5. The van der Waals surface area contributed by atoms with Crippen molar-refractivity contribution in [3.8, 4) is 0 Å². The minimum atomic E-state index is -0.570. The molecular formula is C15H19F2N3. The molecule has 1 atom stereocenters. The van der Waals surface area contributed by atoms with Crippen LogP contribution in [0.2, 0.25) is 0 Å². The zero-order valence-corrected chi connectivity index (χ0v) is 11.7. The molecule has 0 aliphatic rings. The molecule has 3 nitrogen and oxygen atoms in total. The molecule has 108 valence electrons. The lowest BCUT2D eigenvalue weighted by Gasteiger charge is -2.20. The summed E-state index contributed by atoms with van der Waals surface area (Å²) in [5.41, 5.74) is 7.23. The van der Waals surface area contributed by atoms with Crippen LogP contribution in [0.1, 0.15) is 31.0 Å². The SMILES string of the molecule is CC(C)C(CN)c1cncn1Cc1ccc(F)cc1F. The first-order valence-electron chi connectivity index (χ1n) is 6.67. The molecule has 0 aliphatic carbocycles. The van der Waals surface area contributed by atoms with E-state index in [2.05, 4.69) is 18.8 Å². The molecule has 0 spiro atoms. The molecule has 2 aromatic rings. The van der Waals surface area contributed by atoms with E-state index >= 15 is 0 Å². The Labute approximate surface area is 117 Å². The van der Waals surface area contributed by atoms with Crippen LogP contribution in [-0.4, -0.2) is 16.1 Å². The molecule has 0 bridgehead atoms. The molecule has 2 rings (SSSR count). The Bertz CT molecular complexity index is 578. The number of hydrogen-bond acceptors (Lipinski definition) is 2. The number of aromatic nitrogens is 2. The number of halogens is 2. The second-order valence-corrected chi connectivity index (χ2v) is 5.27. The molecule has 0 saturated heterocycles. The summed E-state index contributed by atoms with van der Waals surface area (Å²) in [7, 11) is 0. The van der Waals surface area contributed by atoms with E-state index in [4.69, 9.17) is 5.73 Å². The lowest BCUT2D eigenvalue weighted by atomic mass is 9.93. The highest BCUT2D eigenvalue weighted by molar-refractivity contribution is 5.20. The fraction of sp³-hybridized carbons (Fsp3) is 0.400. The van der Waals surface area contributed by atoms with Crippen LogP contribution in [0.5, 0.6) is 0 Å². The van der Waals surface area contributed by atoms with Crippen molar-refractivity contribution in [2.75, 3.05) is 6.54 Å². The van der Waals surface area contributed by atoms with Gasteiger partial charge in [-0.3, -0.25) is 0 Å². The van der Waals surface area contributed by atoms with Gasteiger partial charge in [-0.1, -0.05) is 19.9 Å². The van der Waals surface area contributed by atoms with Crippen molar-refractivity contribution in [1.82, 2.24) is 9.55 Å². The molecule has 0 saturated carbocycles. The third-order valence-electron chi connectivity index (χ3n) is 3.54. The Morgan fingerprint density at radius 3 is 2.65 bits per heavy atom. The summed E-state index contributed by atoms with van der Waals surface area (Å²) in [6.45, 7) is 5.01. The quantitative estimate of drug-likeness (QED) is 0.914. The maximum Gasteiger partial charge on any atom is 0.131 e. The molecule has 1 unspecified atom stereocenters. The average molecular weight is 279 g/mol. The Morgan fingerprint density at radius 2 is 2.05 bits per heavy atom. The van der Waals surface area contributed by atoms with Gasteiger partial charge in [0.25, 0.3) is 0 Å². The van der Waals surface area contributed by atoms with Gasteiger partial charge in [-0.2, -0.15) is 0 Å². The van der Waals surface area contributed by atoms with Crippen LogP contribution in [0.3, 0.4) is 0 Å². The number of imidazole rings is 1. The van der Waals surface area contributed by atoms with E-state index in [1.54, 1.807) is 12.5 Å². The minimum absolute atomic E-state index is 0.168. The van der Waals surface area contributed by atoms with Crippen LogP contribution in [0.15, 0.2) is 30.7 Å². The molecule has 0 radical (unpaired) electrons. The smallest absolute Gasteiger partial charge is 0.131 e. The van der Waals surface area contributed by atoms with Gasteiger partial charge >= 0.3 is 0 Å². The Hall–Kier alpha value is -1.75. The molecule has 1 aromatic heterocycles. The molecular weight excluding hydrogens is 260 g/mol. The van der Waals surface area contributed by atoms with Gasteiger partial charge in [0, 0.05) is 36.0 Å². The highest BCUT2D eigenvalue weighted by atomic mass is 19.1. The molecule has 20 heavy (non-hydrogen) atoms. The lowest BCUT2D eigenvalue weighted by Crippen LogP contribution is -2.21. The zero-order chi connectivity index (χ0) is 14.7. The minimum Gasteiger partial charge on any atom is -0.330 e. The van der Waals surface area contributed by atoms with Gasteiger partial charge in [-0.05, 0) is 12.0 Å². The first-order valence-corrected chi connectivity index (χ1v) is 6.67. The highest BCUT2D eigenvalue weighted by Gasteiger charge is 2.18. The van der Waals surface area contributed by atoms with E-state index in [1.165, 1.54) is 12.1 Å². The average Bonchev–Trinajstić information content (AvgIpc) is 2.81. The van der Waals surface area contributed by atoms with Crippen LogP contribution in [0, 0.1) is 17.6 Å². The first-order chi connectivity index (χ1) is 9.52. The van der Waals surface area contributed by atoms with Crippen molar-refractivity contribution >= 4 is 0 Å². The van der Waals surface area contributed by atoms with Crippen LogP contribution < -0.4 is 5.73 Å². The van der Waals surface area contributed by atoms with Gasteiger partial charge in [0.1, 0.15) is 11.6 Å². The predicted molar refractivity (Wildman–Crippen MR) is 74.3 cm³/mol. The largest absolute Gasteiger partial charge is 0.330 e. The third kappa shape index (κ3) is 3.04. The van der Waals surface area contributed by atoms with Crippen LogP contribution in [-0.2, 0) is 6.54 Å². The highest BCUT2D eigenvalue weighted by Crippen LogP contribution is 2.24. The topological polar surface area (TPSA) is 43.8 Å². The van der Waals surface area contributed by atoms with Crippen molar-refractivity contribution in [1.29, 1.82) is 0 Å². The van der Waals surface area contributed by atoms with Crippen molar-refractivity contribution in [3.05, 3.63) is 53.6 Å². The summed E-state index contributed by atoms with van der Waals surface area (Å²) in [5, 5.41) is 0. The zero-order valence-electron chi connectivity index (χ0n) is 11.7. The standard InChI is InChI=1S/C15H19F2N3/c1-10(2)13(6-18)15-7-19-9-20(15)8-11-3-4-12(16)5-14(11)17/h3-5,7,9-10,13H,6,8,18H2,1-2H3. The van der Waals surface area contributed by atoms with Gasteiger partial charge in [0.2, 0.25) is 0 Å². The van der Waals surface area contributed by atoms with E-state index in [-0.39, 0.29) is 5.92 Å². The first kappa shape index (κ1) is 14.7. The Morgan fingerprint density at radius 1 is 1.30 bits per heavy atom. The van der Waals surface area contributed by atoms with E-state index in [1.807, 2.05) is 4.57 Å². The van der Waals surface area contributed by atoms with E-state index < -0.39 is 11.6 Å². The maximum atomic E-state index is 13.7. The van der Waals surface area contributed by atoms with Gasteiger partial charge < -0.3 is 10.3 Å². The fourth-order valence-electron chi connectivity index (χ4n) is 2.34. The predicted octanol–water partition coefficient (Wildman–Crippen LogP) is 2.91. The Kier molecular flexibility index (Phi) is 4.49. The van der Waals surface area contributed by atoms with Crippen molar-refractivity contribution < 1.29 is 8.78 Å². The lowest BCUT2D eigenvalue weighted by molar-refractivity contribution is 0.475. The van der Waals surface area contributed by atoms with Gasteiger partial charge in [-0.15, -0.1) is 0 Å². The number of rotatable bonds is 5.